The molecule has 1 aromatic carbocycles. The Morgan fingerprint density at radius 1 is 1.33 bits per heavy atom. The normalized spacial score (nSPS) is 16.1. The SMILES string of the molecule is Clc1ccc(Cl)c(/C=C/CNC2CC2)c1. The maximum Gasteiger partial charge on any atom is 0.0479 e. The second kappa shape index (κ2) is 5.02. The first-order valence-electron chi connectivity index (χ1n) is 5.10. The van der Waals surface area contributed by atoms with Crippen LogP contribution in [0.5, 0.6) is 0 Å². The molecule has 15 heavy (non-hydrogen) atoms. The van der Waals surface area contributed by atoms with E-state index in [-0.39, 0.29) is 0 Å². The van der Waals surface area contributed by atoms with Crippen molar-refractivity contribution in [2.45, 2.75) is 18.9 Å². The van der Waals surface area contributed by atoms with Gasteiger partial charge < -0.3 is 5.32 Å². The average molecular weight is 242 g/mol. The van der Waals surface area contributed by atoms with Gasteiger partial charge >= 0.3 is 0 Å². The van der Waals surface area contributed by atoms with E-state index in [2.05, 4.69) is 11.4 Å². The molecule has 80 valence electrons. The lowest BCUT2D eigenvalue weighted by Gasteiger charge is -1.99. The molecule has 0 unspecified atom stereocenters. The molecule has 0 aliphatic heterocycles. The average Bonchev–Trinajstić information content (AvgIpc) is 3.01. The molecule has 1 fully saturated rings. The zero-order chi connectivity index (χ0) is 10.7. The summed E-state index contributed by atoms with van der Waals surface area (Å²) in [6.07, 6.45) is 6.71. The summed E-state index contributed by atoms with van der Waals surface area (Å²) in [6, 6.07) is 6.23. The number of rotatable bonds is 4. The highest BCUT2D eigenvalue weighted by molar-refractivity contribution is 6.34. The summed E-state index contributed by atoms with van der Waals surface area (Å²) in [5, 5.41) is 4.85. The van der Waals surface area contributed by atoms with E-state index in [1.807, 2.05) is 18.2 Å². The Balaban J connectivity index is 1.92. The van der Waals surface area contributed by atoms with E-state index >= 15 is 0 Å². The van der Waals surface area contributed by atoms with Gasteiger partial charge in [0.25, 0.3) is 0 Å². The van der Waals surface area contributed by atoms with Crippen LogP contribution in [0.15, 0.2) is 24.3 Å². The van der Waals surface area contributed by atoms with Crippen molar-refractivity contribution in [2.75, 3.05) is 6.54 Å². The summed E-state index contributed by atoms with van der Waals surface area (Å²) < 4.78 is 0. The molecular formula is C12H13Cl2N. The highest BCUT2D eigenvalue weighted by atomic mass is 35.5. The van der Waals surface area contributed by atoms with Gasteiger partial charge in [-0.15, -0.1) is 0 Å². The van der Waals surface area contributed by atoms with E-state index in [4.69, 9.17) is 23.2 Å². The smallest absolute Gasteiger partial charge is 0.0479 e. The van der Waals surface area contributed by atoms with Crippen molar-refractivity contribution in [1.82, 2.24) is 5.32 Å². The van der Waals surface area contributed by atoms with Gasteiger partial charge in [-0.25, -0.2) is 0 Å². The van der Waals surface area contributed by atoms with Gasteiger partial charge in [0.2, 0.25) is 0 Å². The van der Waals surface area contributed by atoms with Crippen LogP contribution in [-0.4, -0.2) is 12.6 Å². The van der Waals surface area contributed by atoms with Gasteiger partial charge in [-0.1, -0.05) is 35.4 Å². The zero-order valence-corrected chi connectivity index (χ0v) is 9.85. The maximum atomic E-state index is 6.02. The van der Waals surface area contributed by atoms with E-state index in [0.29, 0.717) is 5.02 Å². The first-order valence-corrected chi connectivity index (χ1v) is 5.86. The summed E-state index contributed by atoms with van der Waals surface area (Å²) in [7, 11) is 0. The Morgan fingerprint density at radius 2 is 2.13 bits per heavy atom. The number of halogens is 2. The van der Waals surface area contributed by atoms with Crippen molar-refractivity contribution in [2.24, 2.45) is 0 Å². The van der Waals surface area contributed by atoms with Crippen LogP contribution in [0.25, 0.3) is 6.08 Å². The minimum absolute atomic E-state index is 0.717. The highest BCUT2D eigenvalue weighted by Gasteiger charge is 2.18. The van der Waals surface area contributed by atoms with Gasteiger partial charge in [0.05, 0.1) is 0 Å². The molecule has 0 spiro atoms. The van der Waals surface area contributed by atoms with Crippen LogP contribution < -0.4 is 5.32 Å². The number of nitrogens with one attached hydrogen (secondary N) is 1. The molecule has 1 nitrogen and oxygen atoms in total. The fourth-order valence-electron chi connectivity index (χ4n) is 1.35. The van der Waals surface area contributed by atoms with Gasteiger partial charge in [-0.2, -0.15) is 0 Å². The molecule has 1 aromatic rings. The Kier molecular flexibility index (Phi) is 3.68. The summed E-state index contributed by atoms with van der Waals surface area (Å²) in [5.74, 6) is 0. The van der Waals surface area contributed by atoms with E-state index in [9.17, 15) is 0 Å². The molecular weight excluding hydrogens is 229 g/mol. The van der Waals surface area contributed by atoms with Gasteiger partial charge in [0.15, 0.2) is 0 Å². The summed E-state index contributed by atoms with van der Waals surface area (Å²) in [6.45, 7) is 0.896. The molecule has 0 saturated heterocycles. The third-order valence-corrected chi connectivity index (χ3v) is 2.94. The molecule has 0 atom stereocenters. The fraction of sp³-hybridized carbons (Fsp3) is 0.333. The lowest BCUT2D eigenvalue weighted by molar-refractivity contribution is 0.754. The molecule has 1 N–H and O–H groups in total. The van der Waals surface area contributed by atoms with Crippen LogP contribution >= 0.6 is 23.2 Å². The van der Waals surface area contributed by atoms with Crippen LogP contribution in [0.1, 0.15) is 18.4 Å². The Labute approximate surface area is 100 Å². The van der Waals surface area contributed by atoms with Crippen molar-refractivity contribution in [3.63, 3.8) is 0 Å². The first kappa shape index (κ1) is 11.0. The molecule has 0 amide bonds. The third-order valence-electron chi connectivity index (χ3n) is 2.36. The minimum atomic E-state index is 0.717. The quantitative estimate of drug-likeness (QED) is 0.847. The van der Waals surface area contributed by atoms with Gasteiger partial charge in [0.1, 0.15) is 0 Å². The number of hydrogen-bond acceptors (Lipinski definition) is 1. The van der Waals surface area contributed by atoms with Crippen LogP contribution in [-0.2, 0) is 0 Å². The summed E-state index contributed by atoms with van der Waals surface area (Å²) >= 11 is 11.9. The molecule has 0 aromatic heterocycles. The molecule has 1 aliphatic rings. The molecule has 0 heterocycles. The Hall–Kier alpha value is -0.500. The topological polar surface area (TPSA) is 12.0 Å². The minimum Gasteiger partial charge on any atom is -0.311 e. The second-order valence-corrected chi connectivity index (χ2v) is 4.59. The number of hydrogen-bond donors (Lipinski definition) is 1. The second-order valence-electron chi connectivity index (χ2n) is 3.75. The van der Waals surface area contributed by atoms with E-state index in [0.717, 1.165) is 23.2 Å². The van der Waals surface area contributed by atoms with Gasteiger partial charge in [-0.3, -0.25) is 0 Å². The molecule has 2 rings (SSSR count). The highest BCUT2D eigenvalue weighted by Crippen LogP contribution is 2.22. The molecule has 0 radical (unpaired) electrons. The largest absolute Gasteiger partial charge is 0.311 e. The molecule has 0 bridgehead atoms. The molecule has 1 saturated carbocycles. The van der Waals surface area contributed by atoms with Crippen molar-refractivity contribution in [3.8, 4) is 0 Å². The van der Waals surface area contributed by atoms with Crippen LogP contribution in [0.2, 0.25) is 10.0 Å². The maximum absolute atomic E-state index is 6.02. The summed E-state index contributed by atoms with van der Waals surface area (Å²) in [4.78, 5) is 0. The molecule has 1 aliphatic carbocycles. The van der Waals surface area contributed by atoms with Gasteiger partial charge in [-0.05, 0) is 36.6 Å². The lowest BCUT2D eigenvalue weighted by Crippen LogP contribution is -2.15. The Morgan fingerprint density at radius 3 is 2.87 bits per heavy atom. The van der Waals surface area contributed by atoms with Crippen molar-refractivity contribution >= 4 is 29.3 Å². The molecule has 3 heteroatoms. The van der Waals surface area contributed by atoms with E-state index in [1.165, 1.54) is 12.8 Å². The van der Waals surface area contributed by atoms with Crippen LogP contribution in [0.3, 0.4) is 0 Å². The van der Waals surface area contributed by atoms with Crippen LogP contribution in [0.4, 0.5) is 0 Å². The predicted molar refractivity (Wildman–Crippen MR) is 66.5 cm³/mol. The van der Waals surface area contributed by atoms with Crippen molar-refractivity contribution < 1.29 is 0 Å². The number of benzene rings is 1. The fourth-order valence-corrected chi connectivity index (χ4v) is 1.71. The first-order chi connectivity index (χ1) is 7.25. The van der Waals surface area contributed by atoms with Crippen molar-refractivity contribution in [3.05, 3.63) is 39.9 Å². The summed E-state index contributed by atoms with van der Waals surface area (Å²) in [5.41, 5.74) is 0.974. The zero-order valence-electron chi connectivity index (χ0n) is 8.34. The third kappa shape index (κ3) is 3.53. The van der Waals surface area contributed by atoms with Crippen molar-refractivity contribution in [1.29, 1.82) is 0 Å². The predicted octanol–water partition coefficient (Wildman–Crippen LogP) is 3.76. The lowest BCUT2D eigenvalue weighted by atomic mass is 10.2. The standard InChI is InChI=1S/C12H13Cl2N/c13-10-3-6-12(14)9(8-10)2-1-7-15-11-4-5-11/h1-3,6,8,11,15H,4-5,7H2/b2-1+. The van der Waals surface area contributed by atoms with E-state index in [1.54, 1.807) is 6.07 Å². The Bertz CT molecular complexity index is 370. The van der Waals surface area contributed by atoms with Crippen LogP contribution in [0, 0.1) is 0 Å². The monoisotopic (exact) mass is 241 g/mol. The van der Waals surface area contributed by atoms with Gasteiger partial charge in [0, 0.05) is 22.6 Å². The van der Waals surface area contributed by atoms with E-state index < -0.39 is 0 Å².